The van der Waals surface area contributed by atoms with E-state index in [9.17, 15) is 13.6 Å². The SMILES string of the molecule is Cc1nc2c(OC3CCc4c(F)cc(F)cc4O3)cc(C(=O)N3CCC3)cc2n1C. The zero-order chi connectivity index (χ0) is 21.0. The molecule has 1 amide bonds. The maximum absolute atomic E-state index is 14.0. The van der Waals surface area contributed by atoms with Crippen LogP contribution in [0.1, 0.15) is 34.6 Å². The fourth-order valence-electron chi connectivity index (χ4n) is 3.90. The summed E-state index contributed by atoms with van der Waals surface area (Å²) in [5, 5.41) is 0. The molecule has 1 aromatic heterocycles. The Hall–Kier alpha value is -3.16. The van der Waals surface area contributed by atoms with Crippen molar-refractivity contribution in [1.29, 1.82) is 0 Å². The highest BCUT2D eigenvalue weighted by Gasteiger charge is 2.28. The average molecular weight is 413 g/mol. The molecule has 0 spiro atoms. The number of amides is 1. The Bertz CT molecular complexity index is 1170. The highest BCUT2D eigenvalue weighted by atomic mass is 19.1. The number of carbonyl (C=O) groups is 1. The van der Waals surface area contributed by atoms with E-state index in [1.807, 2.05) is 24.6 Å². The Morgan fingerprint density at radius 3 is 2.77 bits per heavy atom. The summed E-state index contributed by atoms with van der Waals surface area (Å²) in [4.78, 5) is 19.2. The molecule has 0 saturated carbocycles. The van der Waals surface area contributed by atoms with E-state index in [0.717, 1.165) is 43.0 Å². The van der Waals surface area contributed by atoms with Crippen LogP contribution >= 0.6 is 0 Å². The lowest BCUT2D eigenvalue weighted by molar-refractivity contribution is -0.00987. The van der Waals surface area contributed by atoms with Gasteiger partial charge in [0, 0.05) is 49.8 Å². The smallest absolute Gasteiger partial charge is 0.254 e. The Kier molecular flexibility index (Phi) is 4.38. The van der Waals surface area contributed by atoms with Crippen LogP contribution < -0.4 is 9.47 Å². The van der Waals surface area contributed by atoms with Gasteiger partial charge in [-0.1, -0.05) is 0 Å². The largest absolute Gasteiger partial charge is 0.454 e. The van der Waals surface area contributed by atoms with E-state index in [2.05, 4.69) is 4.98 Å². The van der Waals surface area contributed by atoms with Crippen molar-refractivity contribution in [2.24, 2.45) is 7.05 Å². The Labute approximate surface area is 172 Å². The number of nitrogens with zero attached hydrogens (tertiary/aromatic N) is 3. The molecule has 0 N–H and O–H groups in total. The number of aromatic nitrogens is 2. The van der Waals surface area contributed by atoms with E-state index in [0.29, 0.717) is 35.2 Å². The normalized spacial score (nSPS) is 18.0. The summed E-state index contributed by atoms with van der Waals surface area (Å²) in [5.74, 6) is -0.0196. The van der Waals surface area contributed by atoms with Gasteiger partial charge in [0.05, 0.1) is 5.52 Å². The highest BCUT2D eigenvalue weighted by molar-refractivity contribution is 5.99. The standard InChI is InChI=1S/C22H21F2N3O3/c1-12-25-21-17(26(12)2)8-13(22(28)27-6-3-7-27)9-19(21)30-20-5-4-15-16(24)10-14(23)11-18(15)29-20/h8-11,20H,3-7H2,1-2H3. The van der Waals surface area contributed by atoms with Crippen molar-refractivity contribution < 1.29 is 23.0 Å². The molecule has 2 aliphatic heterocycles. The monoisotopic (exact) mass is 413 g/mol. The third-order valence-electron chi connectivity index (χ3n) is 5.83. The lowest BCUT2D eigenvalue weighted by atomic mass is 10.0. The van der Waals surface area contributed by atoms with Crippen molar-refractivity contribution in [1.82, 2.24) is 14.5 Å². The van der Waals surface area contributed by atoms with Crippen LogP contribution in [0, 0.1) is 18.6 Å². The van der Waals surface area contributed by atoms with E-state index in [4.69, 9.17) is 9.47 Å². The molecular formula is C22H21F2N3O3. The topological polar surface area (TPSA) is 56.6 Å². The number of rotatable bonds is 3. The first-order valence-electron chi connectivity index (χ1n) is 9.98. The minimum Gasteiger partial charge on any atom is -0.454 e. The van der Waals surface area contributed by atoms with Gasteiger partial charge in [-0.15, -0.1) is 0 Å². The third kappa shape index (κ3) is 3.07. The second kappa shape index (κ2) is 6.97. The average Bonchev–Trinajstić information content (AvgIpc) is 2.94. The predicted molar refractivity (Wildman–Crippen MR) is 106 cm³/mol. The molecule has 156 valence electrons. The second-order valence-corrected chi connectivity index (χ2v) is 7.77. The van der Waals surface area contributed by atoms with Crippen molar-refractivity contribution in [3.05, 3.63) is 52.9 Å². The van der Waals surface area contributed by atoms with Gasteiger partial charge in [-0.05, 0) is 31.9 Å². The lowest BCUT2D eigenvalue weighted by Gasteiger charge is -2.31. The molecule has 1 fully saturated rings. The number of aryl methyl sites for hydroxylation is 2. The molecule has 5 rings (SSSR count). The molecule has 8 heteroatoms. The molecule has 2 aliphatic rings. The summed E-state index contributed by atoms with van der Waals surface area (Å²) in [7, 11) is 1.88. The number of hydrogen-bond acceptors (Lipinski definition) is 4. The maximum Gasteiger partial charge on any atom is 0.254 e. The number of carbonyl (C=O) groups excluding carboxylic acids is 1. The summed E-state index contributed by atoms with van der Waals surface area (Å²) in [6.45, 7) is 3.37. The van der Waals surface area contributed by atoms with E-state index < -0.39 is 17.9 Å². The zero-order valence-corrected chi connectivity index (χ0v) is 16.7. The van der Waals surface area contributed by atoms with E-state index in [-0.39, 0.29) is 11.7 Å². The zero-order valence-electron chi connectivity index (χ0n) is 16.7. The van der Waals surface area contributed by atoms with Gasteiger partial charge in [0.25, 0.3) is 5.91 Å². The Morgan fingerprint density at radius 2 is 2.03 bits per heavy atom. The number of benzene rings is 2. The second-order valence-electron chi connectivity index (χ2n) is 7.77. The molecule has 2 aromatic carbocycles. The van der Waals surface area contributed by atoms with Gasteiger partial charge in [-0.3, -0.25) is 4.79 Å². The third-order valence-corrected chi connectivity index (χ3v) is 5.83. The van der Waals surface area contributed by atoms with Crippen LogP contribution in [0.5, 0.6) is 11.5 Å². The van der Waals surface area contributed by atoms with E-state index in [1.165, 1.54) is 0 Å². The summed E-state index contributed by atoms with van der Waals surface area (Å²) in [6.07, 6.45) is 1.03. The fourth-order valence-corrected chi connectivity index (χ4v) is 3.90. The van der Waals surface area contributed by atoms with Crippen LogP contribution in [0.25, 0.3) is 11.0 Å². The number of likely N-dealkylation sites (tertiary alicyclic amines) is 1. The van der Waals surface area contributed by atoms with Gasteiger partial charge >= 0.3 is 0 Å². The van der Waals surface area contributed by atoms with Crippen molar-refractivity contribution in [2.75, 3.05) is 13.1 Å². The quantitative estimate of drug-likeness (QED) is 0.657. The van der Waals surface area contributed by atoms with Crippen molar-refractivity contribution in [3.8, 4) is 11.5 Å². The van der Waals surface area contributed by atoms with Crippen LogP contribution in [0.4, 0.5) is 8.78 Å². The molecule has 0 bridgehead atoms. The number of hydrogen-bond donors (Lipinski definition) is 0. The van der Waals surface area contributed by atoms with Crippen LogP contribution in [0.2, 0.25) is 0 Å². The minimum atomic E-state index is -0.737. The van der Waals surface area contributed by atoms with Gasteiger partial charge in [-0.2, -0.15) is 0 Å². The molecule has 6 nitrogen and oxygen atoms in total. The maximum atomic E-state index is 14.0. The van der Waals surface area contributed by atoms with Crippen molar-refractivity contribution in [3.63, 3.8) is 0 Å². The molecule has 1 saturated heterocycles. The first-order valence-corrected chi connectivity index (χ1v) is 9.98. The van der Waals surface area contributed by atoms with E-state index in [1.54, 1.807) is 11.0 Å². The first-order chi connectivity index (χ1) is 14.4. The summed E-state index contributed by atoms with van der Waals surface area (Å²) in [6, 6.07) is 5.53. The lowest BCUT2D eigenvalue weighted by Crippen LogP contribution is -2.42. The van der Waals surface area contributed by atoms with Gasteiger partial charge in [0.2, 0.25) is 6.29 Å². The van der Waals surface area contributed by atoms with Crippen molar-refractivity contribution >= 4 is 16.9 Å². The molecular weight excluding hydrogens is 392 g/mol. The molecule has 3 aromatic rings. The van der Waals surface area contributed by atoms with Gasteiger partial charge in [0.15, 0.2) is 5.75 Å². The highest BCUT2D eigenvalue weighted by Crippen LogP contribution is 2.34. The molecule has 3 heterocycles. The molecule has 0 aliphatic carbocycles. The van der Waals surface area contributed by atoms with Crippen LogP contribution in [-0.2, 0) is 13.5 Å². The summed E-state index contributed by atoms with van der Waals surface area (Å²) >= 11 is 0. The molecule has 1 unspecified atom stereocenters. The van der Waals surface area contributed by atoms with Crippen LogP contribution in [0.3, 0.4) is 0 Å². The first kappa shape index (κ1) is 18.8. The Balaban J connectivity index is 1.50. The van der Waals surface area contributed by atoms with Gasteiger partial charge < -0.3 is 18.9 Å². The number of halogens is 2. The number of ether oxygens (including phenoxy) is 2. The van der Waals surface area contributed by atoms with Crippen LogP contribution in [-0.4, -0.2) is 39.7 Å². The van der Waals surface area contributed by atoms with Crippen LogP contribution in [0.15, 0.2) is 24.3 Å². The Morgan fingerprint density at radius 1 is 1.23 bits per heavy atom. The fraction of sp³-hybridized carbons (Fsp3) is 0.364. The molecule has 0 radical (unpaired) electrons. The molecule has 1 atom stereocenters. The minimum absolute atomic E-state index is 0.0501. The summed E-state index contributed by atoms with van der Waals surface area (Å²) < 4.78 is 41.3. The number of fused-ring (bicyclic) bond motifs is 2. The van der Waals surface area contributed by atoms with Gasteiger partial charge in [-0.25, -0.2) is 13.8 Å². The molecule has 30 heavy (non-hydrogen) atoms. The number of imidazole rings is 1. The van der Waals surface area contributed by atoms with Gasteiger partial charge in [0.1, 0.15) is 28.7 Å². The summed E-state index contributed by atoms with van der Waals surface area (Å²) in [5.41, 5.74) is 2.27. The van der Waals surface area contributed by atoms with E-state index >= 15 is 0 Å². The van der Waals surface area contributed by atoms with Crippen molar-refractivity contribution in [2.45, 2.75) is 32.5 Å². The predicted octanol–water partition coefficient (Wildman–Crippen LogP) is 3.74.